The Labute approximate surface area is 174 Å². The molecule has 29 heavy (non-hydrogen) atoms. The van der Waals surface area contributed by atoms with E-state index in [9.17, 15) is 0 Å². The lowest BCUT2D eigenvalue weighted by Crippen LogP contribution is -2.39. The van der Waals surface area contributed by atoms with Gasteiger partial charge in [0.1, 0.15) is 31.0 Å². The Morgan fingerprint density at radius 2 is 1.55 bits per heavy atom. The zero-order chi connectivity index (χ0) is 21.0. The molecule has 5 heteroatoms. The molecule has 1 aromatic carbocycles. The molecular weight excluding hydrogens is 364 g/mol. The van der Waals surface area contributed by atoms with Gasteiger partial charge in [-0.25, -0.2) is 9.98 Å². The van der Waals surface area contributed by atoms with Gasteiger partial charge in [0.25, 0.3) is 0 Å². The molecule has 0 saturated carbocycles. The number of aliphatic imine (C=N–C) groups is 2. The fraction of sp³-hybridized carbons (Fsp3) is 0.583. The van der Waals surface area contributed by atoms with Gasteiger partial charge in [0.2, 0.25) is 0 Å². The van der Waals surface area contributed by atoms with Gasteiger partial charge in [-0.3, -0.25) is 0 Å². The zero-order valence-electron chi connectivity index (χ0n) is 18.4. The van der Waals surface area contributed by atoms with Crippen molar-refractivity contribution in [3.63, 3.8) is 0 Å². The molecule has 2 atom stereocenters. The number of rotatable bonds is 9. The fourth-order valence-electron chi connectivity index (χ4n) is 3.58. The van der Waals surface area contributed by atoms with Crippen molar-refractivity contribution in [3.8, 4) is 5.75 Å². The molecule has 0 fully saturated rings. The van der Waals surface area contributed by atoms with Crippen LogP contribution in [0.5, 0.6) is 5.75 Å². The van der Waals surface area contributed by atoms with Crippen molar-refractivity contribution in [1.82, 2.24) is 0 Å². The number of hydrogen-bond donors (Lipinski definition) is 0. The van der Waals surface area contributed by atoms with Gasteiger partial charge in [0.05, 0.1) is 12.1 Å². The minimum Gasteiger partial charge on any atom is -0.490 e. The topological polar surface area (TPSA) is 52.4 Å². The van der Waals surface area contributed by atoms with Crippen molar-refractivity contribution in [2.45, 2.75) is 53.1 Å². The van der Waals surface area contributed by atoms with Crippen LogP contribution in [-0.2, 0) is 15.9 Å². The molecule has 0 amide bonds. The molecule has 0 spiro atoms. The first kappa shape index (κ1) is 21.4. The first-order chi connectivity index (χ1) is 13.8. The van der Waals surface area contributed by atoms with Crippen molar-refractivity contribution < 1.29 is 14.2 Å². The molecule has 2 aliphatic heterocycles. The van der Waals surface area contributed by atoms with Gasteiger partial charge in [-0.05, 0) is 42.9 Å². The third-order valence-electron chi connectivity index (χ3n) is 5.68. The molecule has 0 aromatic heterocycles. The average molecular weight is 399 g/mol. The standard InChI is InChI=1S/C24H34N2O3/c1-7-12-27-19-10-8-18(9-11-19)13-24(6,22-25-20(14-28-22)16(2)3)23-26-21(15-29-23)17(4)5/h7-11,16-17,20-21H,1,12-15H2,2-6H3/t20-,21-/m1/s1. The normalized spacial score (nSPS) is 21.6. The summed E-state index contributed by atoms with van der Waals surface area (Å²) in [5, 5.41) is 0. The van der Waals surface area contributed by atoms with Crippen molar-refractivity contribution >= 4 is 11.8 Å². The predicted octanol–water partition coefficient (Wildman–Crippen LogP) is 4.71. The minimum absolute atomic E-state index is 0.182. The van der Waals surface area contributed by atoms with Crippen LogP contribution in [0.4, 0.5) is 0 Å². The Morgan fingerprint density at radius 1 is 1.03 bits per heavy atom. The number of nitrogens with zero attached hydrogens (tertiary/aromatic N) is 2. The van der Waals surface area contributed by atoms with Crippen LogP contribution in [0.2, 0.25) is 0 Å². The highest BCUT2D eigenvalue weighted by Gasteiger charge is 2.45. The first-order valence-electron chi connectivity index (χ1n) is 10.6. The Bertz CT molecular complexity index is 731. The van der Waals surface area contributed by atoms with Crippen LogP contribution < -0.4 is 4.74 Å². The average Bonchev–Trinajstić information content (AvgIpc) is 3.38. The molecule has 0 radical (unpaired) electrons. The molecule has 0 bridgehead atoms. The monoisotopic (exact) mass is 398 g/mol. The van der Waals surface area contributed by atoms with Gasteiger partial charge in [-0.1, -0.05) is 52.5 Å². The minimum atomic E-state index is -0.517. The van der Waals surface area contributed by atoms with Gasteiger partial charge in [-0.15, -0.1) is 0 Å². The lowest BCUT2D eigenvalue weighted by atomic mass is 9.82. The SMILES string of the molecule is C=CCOc1ccc(CC(C)(C2=N[C@@H](C(C)C)CO2)C2=N[C@@H](C(C)C)CO2)cc1. The van der Waals surface area contributed by atoms with Crippen LogP contribution in [0.3, 0.4) is 0 Å². The predicted molar refractivity (Wildman–Crippen MR) is 118 cm³/mol. The maximum absolute atomic E-state index is 6.10. The third-order valence-corrected chi connectivity index (χ3v) is 5.68. The van der Waals surface area contributed by atoms with Crippen molar-refractivity contribution in [2.75, 3.05) is 19.8 Å². The van der Waals surface area contributed by atoms with Crippen molar-refractivity contribution in [2.24, 2.45) is 27.2 Å². The highest BCUT2D eigenvalue weighted by molar-refractivity contribution is 6.06. The van der Waals surface area contributed by atoms with Gasteiger partial charge < -0.3 is 14.2 Å². The van der Waals surface area contributed by atoms with E-state index >= 15 is 0 Å². The number of hydrogen-bond acceptors (Lipinski definition) is 5. The lowest BCUT2D eigenvalue weighted by molar-refractivity contribution is 0.243. The van der Waals surface area contributed by atoms with Crippen LogP contribution >= 0.6 is 0 Å². The van der Waals surface area contributed by atoms with Gasteiger partial charge >= 0.3 is 0 Å². The van der Waals surface area contributed by atoms with Crippen molar-refractivity contribution in [3.05, 3.63) is 42.5 Å². The summed E-state index contributed by atoms with van der Waals surface area (Å²) in [4.78, 5) is 9.85. The van der Waals surface area contributed by atoms with E-state index in [0.29, 0.717) is 38.1 Å². The van der Waals surface area contributed by atoms with Crippen LogP contribution in [0, 0.1) is 17.3 Å². The number of ether oxygens (including phenoxy) is 3. The summed E-state index contributed by atoms with van der Waals surface area (Å²) in [6, 6.07) is 8.51. The second kappa shape index (κ2) is 9.02. The van der Waals surface area contributed by atoms with Gasteiger partial charge in [0, 0.05) is 0 Å². The molecule has 2 aliphatic rings. The molecule has 158 valence electrons. The largest absolute Gasteiger partial charge is 0.490 e. The molecule has 0 aliphatic carbocycles. The summed E-state index contributed by atoms with van der Waals surface area (Å²) >= 11 is 0. The summed E-state index contributed by atoms with van der Waals surface area (Å²) in [5.41, 5.74) is 0.647. The second-order valence-electron chi connectivity index (χ2n) is 8.87. The summed E-state index contributed by atoms with van der Waals surface area (Å²) < 4.78 is 17.8. The second-order valence-corrected chi connectivity index (χ2v) is 8.87. The maximum atomic E-state index is 6.10. The van der Waals surface area contributed by atoms with Crippen LogP contribution in [0.25, 0.3) is 0 Å². The van der Waals surface area contributed by atoms with Crippen molar-refractivity contribution in [1.29, 1.82) is 0 Å². The van der Waals surface area contributed by atoms with E-state index in [4.69, 9.17) is 24.2 Å². The molecular formula is C24H34N2O3. The van der Waals surface area contributed by atoms with Gasteiger partial charge in [0.15, 0.2) is 11.8 Å². The Morgan fingerprint density at radius 3 is 1.97 bits per heavy atom. The maximum Gasteiger partial charge on any atom is 0.199 e. The number of benzene rings is 1. The highest BCUT2D eigenvalue weighted by atomic mass is 16.5. The van der Waals surface area contributed by atoms with E-state index in [0.717, 1.165) is 23.1 Å². The van der Waals surface area contributed by atoms with E-state index in [-0.39, 0.29) is 12.1 Å². The molecule has 1 aromatic rings. The third kappa shape index (κ3) is 4.82. The van der Waals surface area contributed by atoms with Gasteiger partial charge in [-0.2, -0.15) is 0 Å². The molecule has 5 nitrogen and oxygen atoms in total. The molecule has 3 rings (SSSR count). The smallest absolute Gasteiger partial charge is 0.199 e. The van der Waals surface area contributed by atoms with E-state index in [1.165, 1.54) is 0 Å². The summed E-state index contributed by atoms with van der Waals surface area (Å²) in [6.07, 6.45) is 2.45. The zero-order valence-corrected chi connectivity index (χ0v) is 18.4. The molecule has 2 heterocycles. The fourth-order valence-corrected chi connectivity index (χ4v) is 3.58. The lowest BCUT2D eigenvalue weighted by Gasteiger charge is -2.28. The van der Waals surface area contributed by atoms with Crippen LogP contribution in [0.1, 0.15) is 40.2 Å². The summed E-state index contributed by atoms with van der Waals surface area (Å²) in [7, 11) is 0. The Balaban J connectivity index is 1.88. The molecule has 0 unspecified atom stereocenters. The summed E-state index contributed by atoms with van der Waals surface area (Å²) in [6.45, 7) is 16.3. The molecule has 0 saturated heterocycles. The van der Waals surface area contributed by atoms with Crippen LogP contribution in [-0.4, -0.2) is 43.7 Å². The Kier molecular flexibility index (Phi) is 6.66. The quantitative estimate of drug-likeness (QED) is 0.566. The van der Waals surface area contributed by atoms with E-state index < -0.39 is 5.41 Å². The molecule has 0 N–H and O–H groups in total. The van der Waals surface area contributed by atoms with Crippen LogP contribution in [0.15, 0.2) is 46.9 Å². The highest BCUT2D eigenvalue weighted by Crippen LogP contribution is 2.35. The first-order valence-corrected chi connectivity index (χ1v) is 10.6. The van der Waals surface area contributed by atoms with E-state index in [1.54, 1.807) is 6.08 Å². The van der Waals surface area contributed by atoms with E-state index in [2.05, 4.69) is 53.3 Å². The Hall–Kier alpha value is -2.30. The summed E-state index contributed by atoms with van der Waals surface area (Å²) in [5.74, 6) is 3.19. The van der Waals surface area contributed by atoms with E-state index in [1.807, 2.05) is 12.1 Å².